The first kappa shape index (κ1) is 26.5. The van der Waals surface area contributed by atoms with Gasteiger partial charge in [0.2, 0.25) is 0 Å². The van der Waals surface area contributed by atoms with Crippen molar-refractivity contribution in [2.45, 2.75) is 26.6 Å². The van der Waals surface area contributed by atoms with Crippen LogP contribution in [0, 0.1) is 13.8 Å². The van der Waals surface area contributed by atoms with Gasteiger partial charge in [-0.2, -0.15) is 18.3 Å². The molecular weight excluding hydrogens is 509 g/mol. The lowest BCUT2D eigenvalue weighted by atomic mass is 10.1. The van der Waals surface area contributed by atoms with Crippen LogP contribution in [-0.2, 0) is 19.8 Å². The molecule has 1 aromatic carbocycles. The standard InChI is InChI=1S/C24H26ClF3N8O/c1-13-21(36-12-20(32-33-36)18-10-30-35(5)14(18)2)7-15(9-29-13)23(37)31-17-6-16(11-34(3)4)22(25)19(8-17)24(26,27)28/h6-10,12,32-33H,11H2,1-5H3,(H,31,37). The van der Waals surface area contributed by atoms with Gasteiger partial charge in [0.15, 0.2) is 0 Å². The summed E-state index contributed by atoms with van der Waals surface area (Å²) in [5, 5.41) is 8.08. The lowest BCUT2D eigenvalue weighted by Crippen LogP contribution is -2.36. The summed E-state index contributed by atoms with van der Waals surface area (Å²) < 4.78 is 42.6. The van der Waals surface area contributed by atoms with E-state index < -0.39 is 22.7 Å². The van der Waals surface area contributed by atoms with E-state index in [2.05, 4.69) is 26.4 Å². The van der Waals surface area contributed by atoms with Crippen molar-refractivity contribution in [3.63, 3.8) is 0 Å². The van der Waals surface area contributed by atoms with E-state index in [9.17, 15) is 18.0 Å². The molecule has 3 N–H and O–H groups in total. The number of carbonyl (C=O) groups excluding carboxylic acids is 1. The molecule has 1 aliphatic heterocycles. The van der Waals surface area contributed by atoms with Gasteiger partial charge in [0.1, 0.15) is 0 Å². The fourth-order valence-corrected chi connectivity index (χ4v) is 4.13. The Bertz CT molecular complexity index is 1380. The molecule has 3 heterocycles. The zero-order chi connectivity index (χ0) is 27.1. The minimum atomic E-state index is -4.68. The molecule has 2 aromatic heterocycles. The molecule has 9 nitrogen and oxygen atoms in total. The van der Waals surface area contributed by atoms with E-state index >= 15 is 0 Å². The third kappa shape index (κ3) is 5.55. The number of hydrogen-bond donors (Lipinski definition) is 3. The Morgan fingerprint density at radius 3 is 2.54 bits per heavy atom. The zero-order valence-corrected chi connectivity index (χ0v) is 21.6. The van der Waals surface area contributed by atoms with Crippen molar-refractivity contribution in [3.05, 3.63) is 75.5 Å². The highest BCUT2D eigenvalue weighted by molar-refractivity contribution is 6.32. The molecule has 37 heavy (non-hydrogen) atoms. The van der Waals surface area contributed by atoms with Crippen molar-refractivity contribution in [2.24, 2.45) is 7.05 Å². The van der Waals surface area contributed by atoms with Crippen LogP contribution < -0.4 is 21.3 Å². The summed E-state index contributed by atoms with van der Waals surface area (Å²) in [5.74, 6) is -0.612. The predicted octanol–water partition coefficient (Wildman–Crippen LogP) is 4.25. The van der Waals surface area contributed by atoms with E-state index in [-0.39, 0.29) is 23.4 Å². The van der Waals surface area contributed by atoms with Gasteiger partial charge in [-0.3, -0.25) is 19.5 Å². The highest BCUT2D eigenvalue weighted by Crippen LogP contribution is 2.39. The van der Waals surface area contributed by atoms with Crippen molar-refractivity contribution < 1.29 is 18.0 Å². The van der Waals surface area contributed by atoms with Gasteiger partial charge >= 0.3 is 6.18 Å². The minimum Gasteiger partial charge on any atom is -0.322 e. The zero-order valence-electron chi connectivity index (χ0n) is 20.8. The van der Waals surface area contributed by atoms with Gasteiger partial charge in [0.05, 0.1) is 39.4 Å². The van der Waals surface area contributed by atoms with E-state index in [4.69, 9.17) is 11.6 Å². The smallest absolute Gasteiger partial charge is 0.322 e. The molecule has 3 aromatic rings. The second kappa shape index (κ2) is 10.0. The third-order valence-corrected chi connectivity index (χ3v) is 6.32. The summed E-state index contributed by atoms with van der Waals surface area (Å²) in [5.41, 5.74) is 9.30. The molecule has 13 heteroatoms. The summed E-state index contributed by atoms with van der Waals surface area (Å²) in [6, 6.07) is 3.87. The number of pyridine rings is 1. The molecule has 0 unspecified atom stereocenters. The van der Waals surface area contributed by atoms with Crippen LogP contribution in [0.1, 0.15) is 38.4 Å². The maximum absolute atomic E-state index is 13.6. The topological polar surface area (TPSA) is 90.4 Å². The van der Waals surface area contributed by atoms with Gasteiger partial charge in [-0.1, -0.05) is 11.6 Å². The van der Waals surface area contributed by atoms with Crippen molar-refractivity contribution in [3.8, 4) is 0 Å². The van der Waals surface area contributed by atoms with Crippen LogP contribution in [0.3, 0.4) is 0 Å². The Morgan fingerprint density at radius 1 is 1.19 bits per heavy atom. The maximum atomic E-state index is 13.6. The number of aromatic nitrogens is 3. The Balaban J connectivity index is 1.62. The third-order valence-electron chi connectivity index (χ3n) is 5.87. The van der Waals surface area contributed by atoms with E-state index in [1.54, 1.807) is 54.1 Å². The van der Waals surface area contributed by atoms with Crippen LogP contribution in [0.5, 0.6) is 0 Å². The van der Waals surface area contributed by atoms with Crippen LogP contribution in [0.2, 0.25) is 5.02 Å². The highest BCUT2D eigenvalue weighted by atomic mass is 35.5. The number of carbonyl (C=O) groups is 1. The molecule has 0 fully saturated rings. The monoisotopic (exact) mass is 534 g/mol. The van der Waals surface area contributed by atoms with Gasteiger partial charge in [0.25, 0.3) is 5.91 Å². The quantitative estimate of drug-likeness (QED) is 0.436. The molecule has 0 aliphatic carbocycles. The van der Waals surface area contributed by atoms with E-state index in [0.29, 0.717) is 11.4 Å². The minimum absolute atomic E-state index is 0.0177. The number of anilines is 2. The lowest BCUT2D eigenvalue weighted by Gasteiger charge is -2.19. The molecule has 4 rings (SSSR count). The average molecular weight is 535 g/mol. The number of rotatable bonds is 6. The molecule has 0 bridgehead atoms. The Labute approximate surface area is 216 Å². The molecule has 1 amide bonds. The normalized spacial score (nSPS) is 13.7. The number of halogens is 4. The number of amides is 1. The number of benzene rings is 1. The molecule has 196 valence electrons. The highest BCUT2D eigenvalue weighted by Gasteiger charge is 2.35. The van der Waals surface area contributed by atoms with Crippen molar-refractivity contribution >= 4 is 34.6 Å². The van der Waals surface area contributed by atoms with Crippen molar-refractivity contribution in [1.82, 2.24) is 30.6 Å². The van der Waals surface area contributed by atoms with Crippen LogP contribution in [0.15, 0.2) is 36.8 Å². The first-order valence-electron chi connectivity index (χ1n) is 11.2. The first-order valence-corrected chi connectivity index (χ1v) is 11.6. The number of hydrazine groups is 2. The number of nitrogens with one attached hydrogen (secondary N) is 3. The maximum Gasteiger partial charge on any atom is 0.417 e. The number of hydrogen-bond acceptors (Lipinski definition) is 7. The second-order valence-corrected chi connectivity index (χ2v) is 9.31. The second-order valence-electron chi connectivity index (χ2n) is 8.93. The van der Waals surface area contributed by atoms with E-state index in [1.807, 2.05) is 14.0 Å². The largest absolute Gasteiger partial charge is 0.417 e. The van der Waals surface area contributed by atoms with Gasteiger partial charge in [-0.05, 0) is 51.7 Å². The molecule has 0 spiro atoms. The molecule has 1 aliphatic rings. The van der Waals surface area contributed by atoms with Crippen molar-refractivity contribution in [2.75, 3.05) is 24.4 Å². The van der Waals surface area contributed by atoms with Crippen LogP contribution in [0.25, 0.3) is 5.70 Å². The molecule has 0 saturated carbocycles. The Hall–Kier alpha value is -3.61. The molecule has 0 saturated heterocycles. The van der Waals surface area contributed by atoms with Gasteiger partial charge < -0.3 is 15.6 Å². The SMILES string of the molecule is Cc1ncc(C(=O)Nc2cc(CN(C)C)c(Cl)c(C(F)(F)F)c2)cc1N1C=C(c2cnn(C)c2C)NN1. The number of aryl methyl sites for hydroxylation is 2. The van der Waals surface area contributed by atoms with Gasteiger partial charge in [-0.25, -0.2) is 0 Å². The molecule has 0 atom stereocenters. The van der Waals surface area contributed by atoms with Gasteiger partial charge in [-0.15, -0.1) is 5.53 Å². The van der Waals surface area contributed by atoms with E-state index in [1.165, 1.54) is 12.3 Å². The summed E-state index contributed by atoms with van der Waals surface area (Å²) in [6.07, 6.45) is 0.232. The number of nitrogens with zero attached hydrogens (tertiary/aromatic N) is 5. The summed E-state index contributed by atoms with van der Waals surface area (Å²) in [4.78, 5) is 19.0. The molecule has 0 radical (unpaired) electrons. The van der Waals surface area contributed by atoms with Crippen LogP contribution >= 0.6 is 11.6 Å². The van der Waals surface area contributed by atoms with Gasteiger partial charge in [0, 0.05) is 42.9 Å². The number of alkyl halides is 3. The molecular formula is C24H26ClF3N8O. The first-order chi connectivity index (χ1) is 17.3. The lowest BCUT2D eigenvalue weighted by molar-refractivity contribution is -0.137. The van der Waals surface area contributed by atoms with Crippen molar-refractivity contribution in [1.29, 1.82) is 0 Å². The van der Waals surface area contributed by atoms with Crippen LogP contribution in [0.4, 0.5) is 24.5 Å². The average Bonchev–Trinajstić information content (AvgIpc) is 3.42. The summed E-state index contributed by atoms with van der Waals surface area (Å²) in [6.45, 7) is 3.89. The van der Waals surface area contributed by atoms with E-state index in [0.717, 1.165) is 23.0 Å². The fourth-order valence-electron chi connectivity index (χ4n) is 3.86. The Morgan fingerprint density at radius 2 is 1.92 bits per heavy atom. The Kier molecular flexibility index (Phi) is 7.18. The fraction of sp³-hybridized carbons (Fsp3) is 0.292. The summed E-state index contributed by atoms with van der Waals surface area (Å²) >= 11 is 6.04. The predicted molar refractivity (Wildman–Crippen MR) is 135 cm³/mol. The van der Waals surface area contributed by atoms with Crippen LogP contribution in [-0.4, -0.2) is 39.7 Å². The summed E-state index contributed by atoms with van der Waals surface area (Å²) in [7, 11) is 5.27.